The third-order valence-electron chi connectivity index (χ3n) is 6.99. The van der Waals surface area contributed by atoms with Crippen LogP contribution in [-0.4, -0.2) is 43.4 Å². The Bertz CT molecular complexity index is 1070. The van der Waals surface area contributed by atoms with Crippen LogP contribution in [0.25, 0.3) is 5.69 Å². The molecular formula is C26H31N5O. The molecule has 0 bridgehead atoms. The molecule has 1 amide bonds. The second-order valence-corrected chi connectivity index (χ2v) is 9.42. The summed E-state index contributed by atoms with van der Waals surface area (Å²) in [6.45, 7) is 5.09. The number of benzene rings is 1. The highest BCUT2D eigenvalue weighted by Gasteiger charge is 2.33. The minimum Gasteiger partial charge on any atom is -0.335 e. The molecule has 3 heterocycles. The molecule has 6 nitrogen and oxygen atoms in total. The number of carbonyl (C=O) groups excluding carboxylic acids is 1. The number of pyridine rings is 1. The lowest BCUT2D eigenvalue weighted by Gasteiger charge is -2.40. The van der Waals surface area contributed by atoms with Gasteiger partial charge in [-0.15, -0.1) is 0 Å². The molecule has 2 fully saturated rings. The van der Waals surface area contributed by atoms with E-state index in [0.717, 1.165) is 55.1 Å². The van der Waals surface area contributed by atoms with E-state index >= 15 is 0 Å². The summed E-state index contributed by atoms with van der Waals surface area (Å²) in [6, 6.07) is 10.5. The molecule has 2 aromatic heterocycles. The van der Waals surface area contributed by atoms with E-state index in [9.17, 15) is 4.79 Å². The highest BCUT2D eigenvalue weighted by Crippen LogP contribution is 2.39. The summed E-state index contributed by atoms with van der Waals surface area (Å²) in [7, 11) is 0. The van der Waals surface area contributed by atoms with Crippen LogP contribution < -0.4 is 0 Å². The van der Waals surface area contributed by atoms with E-state index in [4.69, 9.17) is 4.98 Å². The largest absolute Gasteiger partial charge is 0.335 e. The normalized spacial score (nSPS) is 21.0. The van der Waals surface area contributed by atoms with Gasteiger partial charge in [-0.3, -0.25) is 9.78 Å². The number of amides is 1. The van der Waals surface area contributed by atoms with Crippen LogP contribution in [0.15, 0.2) is 48.9 Å². The molecule has 6 heteroatoms. The van der Waals surface area contributed by atoms with Gasteiger partial charge in [0.05, 0.1) is 23.6 Å². The van der Waals surface area contributed by atoms with Crippen LogP contribution in [0, 0.1) is 12.8 Å². The molecule has 5 rings (SSSR count). The van der Waals surface area contributed by atoms with Crippen molar-refractivity contribution in [2.75, 3.05) is 6.54 Å². The van der Waals surface area contributed by atoms with Crippen LogP contribution >= 0.6 is 0 Å². The summed E-state index contributed by atoms with van der Waals surface area (Å²) >= 11 is 0. The highest BCUT2D eigenvalue weighted by molar-refractivity contribution is 5.98. The Hall–Kier alpha value is -3.02. The zero-order valence-electron chi connectivity index (χ0n) is 18.9. The molecule has 2 atom stereocenters. The van der Waals surface area contributed by atoms with Gasteiger partial charge in [0.1, 0.15) is 0 Å². The average Bonchev–Trinajstić information content (AvgIpc) is 3.52. The Labute approximate surface area is 189 Å². The van der Waals surface area contributed by atoms with Crippen LogP contribution in [0.4, 0.5) is 0 Å². The standard InChI is InChI=1S/C26H31N5O/c1-18-5-11-25(31-28-13-14-29-31)23(16-18)26(32)30-15-3-4-19(2)24(30)12-10-22-9-8-21(17-27-22)20-6-7-20/h5,8-9,11,13-14,16-17,19-20,24H,3-4,6-7,10,12,15H2,1-2H3/t19-,24-/m1/s1. The SMILES string of the molecule is Cc1ccc(-n2nccn2)c(C(=O)N2CCC[C@@H](C)[C@H]2CCc2ccc(C3CC3)cn2)c1. The molecule has 3 aromatic rings. The summed E-state index contributed by atoms with van der Waals surface area (Å²) in [5.74, 6) is 1.28. The quantitative estimate of drug-likeness (QED) is 0.569. The van der Waals surface area contributed by atoms with Gasteiger partial charge in [-0.25, -0.2) is 0 Å². The van der Waals surface area contributed by atoms with Crippen LogP contribution in [0.1, 0.15) is 72.1 Å². The van der Waals surface area contributed by atoms with Crippen molar-refractivity contribution in [1.82, 2.24) is 24.9 Å². The van der Waals surface area contributed by atoms with Gasteiger partial charge in [-0.1, -0.05) is 24.6 Å². The predicted octanol–water partition coefficient (Wildman–Crippen LogP) is 4.72. The molecule has 0 N–H and O–H groups in total. The first-order chi connectivity index (χ1) is 15.6. The number of aryl methyl sites for hydroxylation is 2. The topological polar surface area (TPSA) is 63.9 Å². The molecule has 1 saturated heterocycles. The van der Waals surface area contributed by atoms with E-state index in [0.29, 0.717) is 11.5 Å². The third kappa shape index (κ3) is 4.31. The molecule has 1 saturated carbocycles. The zero-order valence-corrected chi connectivity index (χ0v) is 18.9. The lowest BCUT2D eigenvalue weighted by molar-refractivity contribution is 0.0498. The number of aromatic nitrogens is 4. The van der Waals surface area contributed by atoms with Crippen molar-refractivity contribution in [1.29, 1.82) is 0 Å². The number of nitrogens with zero attached hydrogens (tertiary/aromatic N) is 5. The summed E-state index contributed by atoms with van der Waals surface area (Å²) in [6.07, 6.45) is 12.0. The van der Waals surface area contributed by atoms with Crippen molar-refractivity contribution in [3.05, 3.63) is 71.3 Å². The fraction of sp³-hybridized carbons (Fsp3) is 0.462. The molecule has 32 heavy (non-hydrogen) atoms. The first kappa shape index (κ1) is 20.9. The molecule has 1 aromatic carbocycles. The van der Waals surface area contributed by atoms with Crippen molar-refractivity contribution in [2.45, 2.75) is 64.3 Å². The maximum atomic E-state index is 13.8. The molecule has 0 radical (unpaired) electrons. The number of carbonyl (C=O) groups is 1. The minimum absolute atomic E-state index is 0.0783. The summed E-state index contributed by atoms with van der Waals surface area (Å²) in [4.78, 5) is 22.2. The summed E-state index contributed by atoms with van der Waals surface area (Å²) in [5, 5.41) is 8.53. The minimum atomic E-state index is 0.0783. The predicted molar refractivity (Wildman–Crippen MR) is 124 cm³/mol. The maximum absolute atomic E-state index is 13.8. The van der Waals surface area contributed by atoms with Gasteiger partial charge in [-0.05, 0) is 81.0 Å². The number of rotatable bonds is 6. The molecule has 166 valence electrons. The number of hydrogen-bond donors (Lipinski definition) is 0. The maximum Gasteiger partial charge on any atom is 0.256 e. The van der Waals surface area contributed by atoms with Crippen molar-refractivity contribution >= 4 is 5.91 Å². The molecule has 0 unspecified atom stereocenters. The monoisotopic (exact) mass is 429 g/mol. The molecule has 0 spiro atoms. The third-order valence-corrected chi connectivity index (χ3v) is 6.99. The van der Waals surface area contributed by atoms with Crippen LogP contribution in [0.2, 0.25) is 0 Å². The van der Waals surface area contributed by atoms with Crippen LogP contribution in [0.5, 0.6) is 0 Å². The first-order valence-corrected chi connectivity index (χ1v) is 11.8. The molecule has 1 aliphatic carbocycles. The average molecular weight is 430 g/mol. The molecule has 2 aliphatic rings. The fourth-order valence-corrected chi connectivity index (χ4v) is 4.97. The Balaban J connectivity index is 1.36. The van der Waals surface area contributed by atoms with Gasteiger partial charge in [0, 0.05) is 24.5 Å². The van der Waals surface area contributed by atoms with E-state index in [1.165, 1.54) is 18.4 Å². The molecular weight excluding hydrogens is 398 g/mol. The second kappa shape index (κ2) is 8.85. The van der Waals surface area contributed by atoms with Gasteiger partial charge in [-0.2, -0.15) is 15.0 Å². The van der Waals surface area contributed by atoms with Gasteiger partial charge in [0.15, 0.2) is 0 Å². The van der Waals surface area contributed by atoms with Gasteiger partial charge < -0.3 is 4.90 Å². The Morgan fingerprint density at radius 2 is 1.91 bits per heavy atom. The number of piperidine rings is 1. The highest BCUT2D eigenvalue weighted by atomic mass is 16.2. The fourth-order valence-electron chi connectivity index (χ4n) is 4.97. The van der Waals surface area contributed by atoms with E-state index in [1.807, 2.05) is 25.1 Å². The van der Waals surface area contributed by atoms with E-state index < -0.39 is 0 Å². The van der Waals surface area contributed by atoms with Crippen molar-refractivity contribution in [3.63, 3.8) is 0 Å². The lowest BCUT2D eigenvalue weighted by Crippen LogP contribution is -2.48. The van der Waals surface area contributed by atoms with E-state index in [2.05, 4.69) is 40.4 Å². The van der Waals surface area contributed by atoms with Gasteiger partial charge >= 0.3 is 0 Å². The van der Waals surface area contributed by atoms with Crippen molar-refractivity contribution in [3.8, 4) is 5.69 Å². The summed E-state index contributed by atoms with van der Waals surface area (Å²) in [5.41, 5.74) is 4.96. The molecule has 1 aliphatic heterocycles. The lowest BCUT2D eigenvalue weighted by atomic mass is 9.86. The van der Waals surface area contributed by atoms with E-state index in [-0.39, 0.29) is 11.9 Å². The Morgan fingerprint density at radius 1 is 1.09 bits per heavy atom. The Kier molecular flexibility index (Phi) is 5.77. The van der Waals surface area contributed by atoms with Crippen molar-refractivity contribution < 1.29 is 4.79 Å². The van der Waals surface area contributed by atoms with E-state index in [1.54, 1.807) is 17.2 Å². The first-order valence-electron chi connectivity index (χ1n) is 11.8. The van der Waals surface area contributed by atoms with Gasteiger partial charge in [0.2, 0.25) is 0 Å². The second-order valence-electron chi connectivity index (χ2n) is 9.42. The van der Waals surface area contributed by atoms with Crippen LogP contribution in [-0.2, 0) is 6.42 Å². The Morgan fingerprint density at radius 3 is 2.62 bits per heavy atom. The zero-order chi connectivity index (χ0) is 22.1. The number of likely N-dealkylation sites (tertiary alicyclic amines) is 1. The van der Waals surface area contributed by atoms with Crippen LogP contribution in [0.3, 0.4) is 0 Å². The number of hydrogen-bond acceptors (Lipinski definition) is 4. The smallest absolute Gasteiger partial charge is 0.256 e. The van der Waals surface area contributed by atoms with Crippen molar-refractivity contribution in [2.24, 2.45) is 5.92 Å². The summed E-state index contributed by atoms with van der Waals surface area (Å²) < 4.78 is 0. The van der Waals surface area contributed by atoms with Gasteiger partial charge in [0.25, 0.3) is 5.91 Å².